The molecule has 1 saturated heterocycles. The molecule has 118 valence electrons. The van der Waals surface area contributed by atoms with Crippen molar-refractivity contribution < 1.29 is 9.53 Å². The van der Waals surface area contributed by atoms with Crippen LogP contribution in [0.5, 0.6) is 0 Å². The first-order valence-electron chi connectivity index (χ1n) is 7.08. The van der Waals surface area contributed by atoms with Crippen molar-refractivity contribution in [2.24, 2.45) is 0 Å². The fourth-order valence-corrected chi connectivity index (χ4v) is 4.35. The maximum absolute atomic E-state index is 12.1. The van der Waals surface area contributed by atoms with Gasteiger partial charge >= 0.3 is 0 Å². The number of thioether (sulfide) groups is 1. The molecule has 1 aliphatic heterocycles. The normalized spacial score (nSPS) is 18.5. The number of amides is 1. The highest BCUT2D eigenvalue weighted by Crippen LogP contribution is 2.42. The van der Waals surface area contributed by atoms with Gasteiger partial charge in [0, 0.05) is 27.2 Å². The summed E-state index contributed by atoms with van der Waals surface area (Å²) in [5, 5.41) is 4.38. The van der Waals surface area contributed by atoms with Crippen LogP contribution in [0.25, 0.3) is 0 Å². The molecule has 1 aromatic rings. The summed E-state index contributed by atoms with van der Waals surface area (Å²) in [7, 11) is 3.48. The Morgan fingerprint density at radius 2 is 2.29 bits per heavy atom. The van der Waals surface area contributed by atoms with Crippen molar-refractivity contribution in [1.29, 1.82) is 0 Å². The summed E-state index contributed by atoms with van der Waals surface area (Å²) in [6, 6.07) is 0. The second-order valence-electron chi connectivity index (χ2n) is 5.28. The number of carbonyl (C=O) groups excluding carboxylic acids is 1. The number of hydrogen-bond acceptors (Lipinski definition) is 6. The van der Waals surface area contributed by atoms with Gasteiger partial charge in [0.05, 0.1) is 16.7 Å². The smallest absolute Gasteiger partial charge is 0.265 e. The second-order valence-corrected chi connectivity index (χ2v) is 7.11. The van der Waals surface area contributed by atoms with Crippen molar-refractivity contribution in [2.75, 3.05) is 44.6 Å². The van der Waals surface area contributed by atoms with Crippen molar-refractivity contribution in [1.82, 2.24) is 4.90 Å². The lowest BCUT2D eigenvalue weighted by atomic mass is 10.1. The van der Waals surface area contributed by atoms with E-state index >= 15 is 0 Å². The monoisotopic (exact) mass is 329 g/mol. The lowest BCUT2D eigenvalue weighted by molar-refractivity contribution is 0.0248. The predicted molar refractivity (Wildman–Crippen MR) is 90.6 cm³/mol. The molecule has 1 aromatic heterocycles. The van der Waals surface area contributed by atoms with E-state index in [9.17, 15) is 4.79 Å². The van der Waals surface area contributed by atoms with Gasteiger partial charge in [0.2, 0.25) is 0 Å². The van der Waals surface area contributed by atoms with Crippen molar-refractivity contribution in [3.8, 4) is 0 Å². The average molecular weight is 329 g/mol. The molecule has 0 aliphatic carbocycles. The van der Waals surface area contributed by atoms with Gasteiger partial charge in [0.25, 0.3) is 5.91 Å². The highest BCUT2D eigenvalue weighted by molar-refractivity contribution is 7.99. The third-order valence-electron chi connectivity index (χ3n) is 3.47. The van der Waals surface area contributed by atoms with E-state index in [-0.39, 0.29) is 12.0 Å². The number of rotatable bonds is 5. The molecule has 1 unspecified atom stereocenters. The Hall–Kier alpha value is -0.920. The van der Waals surface area contributed by atoms with Crippen LogP contribution in [-0.2, 0) is 4.74 Å². The van der Waals surface area contributed by atoms with Crippen LogP contribution in [-0.4, -0.2) is 50.4 Å². The first kappa shape index (κ1) is 16.5. The zero-order valence-corrected chi connectivity index (χ0v) is 14.4. The first-order valence-corrected chi connectivity index (χ1v) is 9.12. The summed E-state index contributed by atoms with van der Waals surface area (Å²) in [4.78, 5) is 15.3. The zero-order chi connectivity index (χ0) is 15.4. The van der Waals surface area contributed by atoms with Crippen LogP contribution in [0.15, 0.2) is 4.90 Å². The molecular formula is C14H23N3O2S2. The van der Waals surface area contributed by atoms with E-state index in [4.69, 9.17) is 10.5 Å². The number of nitrogens with two attached hydrogens (primary N) is 1. The number of hydrogen-bond donors (Lipinski definition) is 2. The maximum Gasteiger partial charge on any atom is 0.265 e. The number of nitrogens with one attached hydrogen (secondary N) is 1. The Kier molecular flexibility index (Phi) is 5.78. The fourth-order valence-electron chi connectivity index (χ4n) is 2.28. The van der Waals surface area contributed by atoms with Crippen LogP contribution in [0, 0.1) is 0 Å². The van der Waals surface area contributed by atoms with Crippen molar-refractivity contribution in [2.45, 2.75) is 30.3 Å². The molecule has 1 atom stereocenters. The number of nitrogens with zero attached hydrogens (tertiary/aromatic N) is 1. The van der Waals surface area contributed by atoms with Crippen LogP contribution in [0.3, 0.4) is 0 Å². The summed E-state index contributed by atoms with van der Waals surface area (Å²) in [5.41, 5.74) is 6.71. The Balaban J connectivity index is 2.11. The van der Waals surface area contributed by atoms with Crippen LogP contribution in [0.1, 0.15) is 28.9 Å². The molecule has 0 spiro atoms. The summed E-state index contributed by atoms with van der Waals surface area (Å²) < 4.78 is 5.72. The fraction of sp³-hybridized carbons (Fsp3) is 0.643. The number of ether oxygens (including phenoxy) is 1. The number of anilines is 2. The molecule has 0 radical (unpaired) electrons. The lowest BCUT2D eigenvalue weighted by Crippen LogP contribution is -2.26. The van der Waals surface area contributed by atoms with E-state index in [1.807, 2.05) is 6.26 Å². The highest BCUT2D eigenvalue weighted by Gasteiger charge is 2.22. The van der Waals surface area contributed by atoms with Gasteiger partial charge in [-0.25, -0.2) is 0 Å². The van der Waals surface area contributed by atoms with E-state index in [0.29, 0.717) is 10.6 Å². The maximum atomic E-state index is 12.1. The molecule has 2 heterocycles. The molecule has 0 bridgehead atoms. The molecule has 7 heteroatoms. The van der Waals surface area contributed by atoms with Crippen molar-refractivity contribution >= 4 is 39.7 Å². The van der Waals surface area contributed by atoms with E-state index in [1.165, 1.54) is 17.8 Å². The molecule has 2 rings (SSSR count). The predicted octanol–water partition coefficient (Wildman–Crippen LogP) is 2.74. The molecule has 1 amide bonds. The van der Waals surface area contributed by atoms with Gasteiger partial charge in [-0.2, -0.15) is 0 Å². The van der Waals surface area contributed by atoms with Gasteiger partial charge in [-0.15, -0.1) is 23.1 Å². The molecular weight excluding hydrogens is 306 g/mol. The van der Waals surface area contributed by atoms with Crippen LogP contribution in [0.2, 0.25) is 0 Å². The van der Waals surface area contributed by atoms with E-state index in [1.54, 1.807) is 30.8 Å². The average Bonchev–Trinajstić information content (AvgIpc) is 2.81. The second kappa shape index (κ2) is 7.38. The molecule has 3 N–H and O–H groups in total. The molecule has 0 saturated carbocycles. The minimum absolute atomic E-state index is 0.0465. The Labute approximate surface area is 134 Å². The molecule has 1 fully saturated rings. The topological polar surface area (TPSA) is 67.6 Å². The minimum Gasteiger partial charge on any atom is -0.396 e. The van der Waals surface area contributed by atoms with Gasteiger partial charge in [-0.05, 0) is 25.5 Å². The Morgan fingerprint density at radius 3 is 2.86 bits per heavy atom. The van der Waals surface area contributed by atoms with E-state index in [2.05, 4.69) is 5.32 Å². The Morgan fingerprint density at radius 1 is 1.52 bits per heavy atom. The zero-order valence-electron chi connectivity index (χ0n) is 12.8. The summed E-state index contributed by atoms with van der Waals surface area (Å²) >= 11 is 3.00. The number of thiophene rings is 1. The van der Waals surface area contributed by atoms with Gasteiger partial charge in [-0.1, -0.05) is 0 Å². The third kappa shape index (κ3) is 3.84. The van der Waals surface area contributed by atoms with Crippen LogP contribution < -0.4 is 11.1 Å². The summed E-state index contributed by atoms with van der Waals surface area (Å²) in [5.74, 6) is -0.0465. The summed E-state index contributed by atoms with van der Waals surface area (Å²) in [6.45, 7) is 1.61. The van der Waals surface area contributed by atoms with Gasteiger partial charge in [-0.3, -0.25) is 4.79 Å². The standard InChI is InChI=1S/C14H23N3O2S2/c1-17(2)14(18)12-10(15)11(20-3)13(21-12)16-8-9-6-4-5-7-19-9/h9,16H,4-8,15H2,1-3H3. The molecule has 21 heavy (non-hydrogen) atoms. The van der Waals surface area contributed by atoms with E-state index < -0.39 is 0 Å². The highest BCUT2D eigenvalue weighted by atomic mass is 32.2. The third-order valence-corrected chi connectivity index (χ3v) is 5.58. The van der Waals surface area contributed by atoms with Crippen molar-refractivity contribution in [3.63, 3.8) is 0 Å². The first-order chi connectivity index (χ1) is 10.0. The van der Waals surface area contributed by atoms with Gasteiger partial charge in [0.1, 0.15) is 9.88 Å². The quantitative estimate of drug-likeness (QED) is 0.813. The van der Waals surface area contributed by atoms with Gasteiger partial charge in [0.15, 0.2) is 0 Å². The van der Waals surface area contributed by atoms with Crippen LogP contribution >= 0.6 is 23.1 Å². The van der Waals surface area contributed by atoms with E-state index in [0.717, 1.165) is 35.9 Å². The minimum atomic E-state index is -0.0465. The molecule has 5 nitrogen and oxygen atoms in total. The molecule has 1 aliphatic rings. The van der Waals surface area contributed by atoms with Gasteiger partial charge < -0.3 is 20.7 Å². The van der Waals surface area contributed by atoms with Crippen molar-refractivity contribution in [3.05, 3.63) is 4.88 Å². The largest absolute Gasteiger partial charge is 0.396 e. The summed E-state index contributed by atoms with van der Waals surface area (Å²) in [6.07, 6.45) is 5.69. The Bertz CT molecular complexity index is 497. The van der Waals surface area contributed by atoms with Crippen LogP contribution in [0.4, 0.5) is 10.7 Å². The lowest BCUT2D eigenvalue weighted by Gasteiger charge is -2.23. The molecule has 0 aromatic carbocycles. The number of nitrogen functional groups attached to an aromatic ring is 1. The SMILES string of the molecule is CSc1c(NCC2CCCCO2)sc(C(=O)N(C)C)c1N. The number of carbonyl (C=O) groups is 1.